The fraction of sp³-hybridized carbons (Fsp3) is 0.429. The second-order valence-electron chi connectivity index (χ2n) is 5.72. The summed E-state index contributed by atoms with van der Waals surface area (Å²) in [6.07, 6.45) is -1.23. The van der Waals surface area contributed by atoms with Gasteiger partial charge < -0.3 is 14.9 Å². The zero-order valence-corrected chi connectivity index (χ0v) is 14.5. The van der Waals surface area contributed by atoms with Crippen LogP contribution in [0.25, 0.3) is 10.2 Å². The van der Waals surface area contributed by atoms with Gasteiger partial charge in [0.2, 0.25) is 0 Å². The number of thiazole rings is 1. The molecule has 0 saturated heterocycles. The predicted octanol–water partition coefficient (Wildman–Crippen LogP) is 4.01. The van der Waals surface area contributed by atoms with E-state index in [1.807, 2.05) is 0 Å². The first-order valence-corrected chi connectivity index (χ1v) is 7.90. The second-order valence-corrected chi connectivity index (χ2v) is 7.99. The van der Waals surface area contributed by atoms with E-state index in [4.69, 9.17) is 4.74 Å². The molecule has 2 rings (SSSR count). The van der Waals surface area contributed by atoms with Crippen molar-refractivity contribution in [3.8, 4) is 5.75 Å². The molecule has 1 unspecified atom stereocenters. The van der Waals surface area contributed by atoms with Crippen LogP contribution in [0, 0.1) is 6.92 Å². The van der Waals surface area contributed by atoms with Crippen molar-refractivity contribution >= 4 is 43.5 Å². The minimum absolute atomic E-state index is 0.0788. The van der Waals surface area contributed by atoms with Crippen LogP contribution in [0.2, 0.25) is 0 Å². The Kier molecular flexibility index (Phi) is 4.28. The van der Waals surface area contributed by atoms with Crippen molar-refractivity contribution in [3.05, 3.63) is 21.1 Å². The van der Waals surface area contributed by atoms with E-state index in [9.17, 15) is 15.0 Å². The molecule has 2 aromatic rings. The summed E-state index contributed by atoms with van der Waals surface area (Å²) in [5.74, 6) is -1.21. The Hall–Kier alpha value is -1.18. The lowest BCUT2D eigenvalue weighted by Gasteiger charge is -2.26. The van der Waals surface area contributed by atoms with E-state index in [-0.39, 0.29) is 11.3 Å². The third-order valence-electron chi connectivity index (χ3n) is 2.83. The molecule has 21 heavy (non-hydrogen) atoms. The Bertz CT molecular complexity index is 705. The molecule has 1 aromatic carbocycles. The number of ether oxygens (including phenoxy) is 1. The third kappa shape index (κ3) is 3.36. The number of benzene rings is 1. The number of aliphatic carboxylic acids is 1. The van der Waals surface area contributed by atoms with E-state index in [0.29, 0.717) is 19.7 Å². The number of nitrogens with zero attached hydrogens (tertiary/aromatic N) is 1. The number of rotatable bonds is 3. The molecule has 5 nitrogen and oxygen atoms in total. The number of carboxylic acids is 1. The van der Waals surface area contributed by atoms with Gasteiger partial charge in [-0.2, -0.15) is 0 Å². The number of halogens is 1. The summed E-state index contributed by atoms with van der Waals surface area (Å²) in [7, 11) is 0. The van der Waals surface area contributed by atoms with E-state index in [2.05, 4.69) is 20.9 Å². The Morgan fingerprint density at radius 1 is 1.48 bits per heavy atom. The van der Waals surface area contributed by atoms with Gasteiger partial charge >= 0.3 is 5.97 Å². The number of carboxylic acid groups (broad SMARTS) is 1. The van der Waals surface area contributed by atoms with Gasteiger partial charge in [-0.05, 0) is 55.3 Å². The molecule has 0 amide bonds. The third-order valence-corrected chi connectivity index (χ3v) is 4.36. The molecule has 114 valence electrons. The summed E-state index contributed by atoms with van der Waals surface area (Å²) in [5, 5.41) is 19.9. The molecule has 0 fully saturated rings. The Morgan fingerprint density at radius 2 is 2.10 bits per heavy atom. The molecule has 0 radical (unpaired) electrons. The number of phenolic OH excluding ortho intramolecular Hbond substituents is 1. The summed E-state index contributed by atoms with van der Waals surface area (Å²) >= 11 is 4.53. The highest BCUT2D eigenvalue weighted by atomic mass is 79.9. The summed E-state index contributed by atoms with van der Waals surface area (Å²) in [5.41, 5.74) is 0.895. The van der Waals surface area contributed by atoms with E-state index < -0.39 is 17.7 Å². The maximum atomic E-state index is 11.6. The molecule has 1 heterocycles. The number of fused-ring (bicyclic) bond motifs is 1. The van der Waals surface area contributed by atoms with Crippen LogP contribution in [0.5, 0.6) is 5.75 Å². The minimum atomic E-state index is -1.23. The number of phenols is 1. The van der Waals surface area contributed by atoms with E-state index in [0.717, 1.165) is 0 Å². The summed E-state index contributed by atoms with van der Waals surface area (Å²) in [6, 6.07) is 1.76. The zero-order chi connectivity index (χ0) is 15.9. The van der Waals surface area contributed by atoms with Crippen LogP contribution in [0.1, 0.15) is 38.0 Å². The Balaban J connectivity index is 2.64. The topological polar surface area (TPSA) is 79.7 Å². The normalized spacial score (nSPS) is 13.6. The predicted molar refractivity (Wildman–Crippen MR) is 84.9 cm³/mol. The molecule has 0 spiro atoms. The van der Waals surface area contributed by atoms with Crippen LogP contribution in [0.3, 0.4) is 0 Å². The van der Waals surface area contributed by atoms with Crippen molar-refractivity contribution < 1.29 is 19.7 Å². The highest BCUT2D eigenvalue weighted by Gasteiger charge is 2.31. The van der Waals surface area contributed by atoms with Gasteiger partial charge in [-0.25, -0.2) is 9.78 Å². The lowest BCUT2D eigenvalue weighted by atomic mass is 10.0. The molecular weight excluding hydrogens is 358 g/mol. The standard InChI is InChI=1S/C14H16BrNO4S/c1-6-5-7-11(21-13(15)16-7)9(17)8(6)10(12(18)19)20-14(2,3)4/h5,10,17H,1-4H3,(H,18,19). The van der Waals surface area contributed by atoms with Gasteiger partial charge in [0.1, 0.15) is 5.75 Å². The average Bonchev–Trinajstić information content (AvgIpc) is 2.66. The first-order valence-electron chi connectivity index (χ1n) is 6.29. The monoisotopic (exact) mass is 373 g/mol. The molecular formula is C14H16BrNO4S. The van der Waals surface area contributed by atoms with E-state index in [1.54, 1.807) is 33.8 Å². The van der Waals surface area contributed by atoms with E-state index in [1.165, 1.54) is 11.3 Å². The van der Waals surface area contributed by atoms with Crippen molar-refractivity contribution in [2.45, 2.75) is 39.4 Å². The maximum Gasteiger partial charge on any atom is 0.337 e. The second kappa shape index (κ2) is 5.55. The highest BCUT2D eigenvalue weighted by molar-refractivity contribution is 9.11. The lowest BCUT2D eigenvalue weighted by molar-refractivity contribution is -0.160. The number of hydrogen-bond acceptors (Lipinski definition) is 5. The Labute approximate surface area is 134 Å². The van der Waals surface area contributed by atoms with Crippen LogP contribution in [0.15, 0.2) is 9.98 Å². The quantitative estimate of drug-likeness (QED) is 0.849. The average molecular weight is 374 g/mol. The maximum absolute atomic E-state index is 11.6. The number of aromatic nitrogens is 1. The van der Waals surface area contributed by atoms with Crippen molar-refractivity contribution in [3.63, 3.8) is 0 Å². The van der Waals surface area contributed by atoms with Crippen molar-refractivity contribution in [1.82, 2.24) is 4.98 Å². The van der Waals surface area contributed by atoms with Crippen LogP contribution in [-0.2, 0) is 9.53 Å². The first-order chi connectivity index (χ1) is 9.60. The van der Waals surface area contributed by atoms with Crippen LogP contribution < -0.4 is 0 Å². The van der Waals surface area contributed by atoms with E-state index >= 15 is 0 Å². The zero-order valence-electron chi connectivity index (χ0n) is 12.1. The van der Waals surface area contributed by atoms with Gasteiger partial charge in [-0.15, -0.1) is 11.3 Å². The van der Waals surface area contributed by atoms with Gasteiger partial charge in [-0.1, -0.05) is 0 Å². The van der Waals surface area contributed by atoms with Gasteiger partial charge in [0.15, 0.2) is 10.0 Å². The van der Waals surface area contributed by atoms with Crippen molar-refractivity contribution in [1.29, 1.82) is 0 Å². The molecule has 0 bridgehead atoms. The van der Waals surface area contributed by atoms with Gasteiger partial charge in [0.05, 0.1) is 15.8 Å². The van der Waals surface area contributed by atoms with Crippen molar-refractivity contribution in [2.75, 3.05) is 0 Å². The first kappa shape index (κ1) is 16.2. The molecule has 1 aromatic heterocycles. The van der Waals surface area contributed by atoms with Crippen LogP contribution in [0.4, 0.5) is 0 Å². The molecule has 0 aliphatic heterocycles. The fourth-order valence-corrected chi connectivity index (χ4v) is 3.49. The lowest BCUT2D eigenvalue weighted by Crippen LogP contribution is -2.27. The fourth-order valence-electron chi connectivity index (χ4n) is 2.08. The molecule has 0 aliphatic rings. The SMILES string of the molecule is Cc1cc2nc(Br)sc2c(O)c1C(OC(C)(C)C)C(=O)O. The number of carbonyl (C=O) groups is 1. The van der Waals surface area contributed by atoms with Gasteiger partial charge in [0.25, 0.3) is 0 Å². The minimum Gasteiger partial charge on any atom is -0.506 e. The molecule has 7 heteroatoms. The molecule has 0 saturated carbocycles. The highest BCUT2D eigenvalue weighted by Crippen LogP contribution is 2.41. The van der Waals surface area contributed by atoms with Crippen molar-refractivity contribution in [2.24, 2.45) is 0 Å². The summed E-state index contributed by atoms with van der Waals surface area (Å²) < 4.78 is 6.80. The van der Waals surface area contributed by atoms with Gasteiger partial charge in [-0.3, -0.25) is 0 Å². The summed E-state index contributed by atoms with van der Waals surface area (Å²) in [4.78, 5) is 15.8. The van der Waals surface area contributed by atoms with Crippen LogP contribution in [-0.4, -0.2) is 26.8 Å². The summed E-state index contributed by atoms with van der Waals surface area (Å²) in [6.45, 7) is 7.06. The number of aryl methyl sites for hydroxylation is 1. The Morgan fingerprint density at radius 3 is 2.62 bits per heavy atom. The van der Waals surface area contributed by atoms with Crippen LogP contribution >= 0.6 is 27.3 Å². The molecule has 0 aliphatic carbocycles. The smallest absolute Gasteiger partial charge is 0.337 e. The largest absolute Gasteiger partial charge is 0.506 e. The molecule has 1 atom stereocenters. The number of aromatic hydroxyl groups is 1. The molecule has 2 N–H and O–H groups in total. The van der Waals surface area contributed by atoms with Gasteiger partial charge in [0, 0.05) is 5.56 Å². The number of hydrogen-bond donors (Lipinski definition) is 2.